The van der Waals surface area contributed by atoms with Crippen molar-refractivity contribution in [1.82, 2.24) is 9.80 Å². The first-order chi connectivity index (χ1) is 15.2. The molecule has 0 saturated carbocycles. The summed E-state index contributed by atoms with van der Waals surface area (Å²) in [5.74, 6) is -0.285. The summed E-state index contributed by atoms with van der Waals surface area (Å²) in [6.07, 6.45) is 0.0263. The number of ether oxygens (including phenoxy) is 1. The van der Waals surface area contributed by atoms with E-state index < -0.39 is 23.6 Å². The minimum Gasteiger partial charge on any atom is -0.496 e. The van der Waals surface area contributed by atoms with Gasteiger partial charge in [0, 0.05) is 48.0 Å². The number of aldehydes is 1. The highest BCUT2D eigenvalue weighted by molar-refractivity contribution is 6.31. The van der Waals surface area contributed by atoms with E-state index in [2.05, 4.69) is 5.32 Å². The van der Waals surface area contributed by atoms with Crippen LogP contribution in [0, 0.1) is 0 Å². The van der Waals surface area contributed by atoms with Crippen LogP contribution in [0.3, 0.4) is 0 Å². The van der Waals surface area contributed by atoms with Gasteiger partial charge in [-0.3, -0.25) is 19.3 Å². The van der Waals surface area contributed by atoms with Crippen molar-refractivity contribution in [2.75, 3.05) is 33.1 Å². The molecule has 0 spiro atoms. The lowest BCUT2D eigenvalue weighted by molar-refractivity contribution is -0.138. The molecule has 32 heavy (non-hydrogen) atoms. The Balaban J connectivity index is 2.07. The number of anilines is 1. The third-order valence-electron chi connectivity index (χ3n) is 6.13. The van der Waals surface area contributed by atoms with E-state index in [0.717, 1.165) is 0 Å². The number of amides is 2. The van der Waals surface area contributed by atoms with Crippen LogP contribution in [0.5, 0.6) is 5.75 Å². The number of nitrogens with one attached hydrogen (secondary N) is 1. The van der Waals surface area contributed by atoms with Gasteiger partial charge >= 0.3 is 0 Å². The Labute approximate surface area is 190 Å². The number of fused-ring (bicyclic) bond motifs is 1. The topological polar surface area (TPSA) is 99.2 Å². The number of hydrogen-bond acceptors (Lipinski definition) is 6. The van der Waals surface area contributed by atoms with E-state index in [1.807, 2.05) is 0 Å². The SMILES string of the molecule is COc1ccc(C=O)cc1C1(N2C[C@H](O)C[C@H]2C(=O)N(C)C)C(=O)Nc2ccc(Cl)cc21. The Morgan fingerprint density at radius 1 is 1.28 bits per heavy atom. The third kappa shape index (κ3) is 3.26. The number of benzene rings is 2. The van der Waals surface area contributed by atoms with Crippen molar-refractivity contribution in [3.8, 4) is 5.75 Å². The molecule has 2 amide bonds. The van der Waals surface area contributed by atoms with Crippen molar-refractivity contribution in [1.29, 1.82) is 0 Å². The fraction of sp³-hybridized carbons (Fsp3) is 0.348. The number of likely N-dealkylation sites (N-methyl/N-ethyl adjacent to an activating group) is 1. The quantitative estimate of drug-likeness (QED) is 0.665. The van der Waals surface area contributed by atoms with Crippen LogP contribution in [0.25, 0.3) is 0 Å². The van der Waals surface area contributed by atoms with E-state index in [1.165, 1.54) is 12.0 Å². The molecule has 0 aromatic heterocycles. The van der Waals surface area contributed by atoms with Gasteiger partial charge in [0.1, 0.15) is 12.0 Å². The number of likely N-dealkylation sites (tertiary alicyclic amines) is 1. The van der Waals surface area contributed by atoms with Crippen LogP contribution < -0.4 is 10.1 Å². The zero-order valence-corrected chi connectivity index (χ0v) is 18.7. The van der Waals surface area contributed by atoms with Crippen LogP contribution >= 0.6 is 11.6 Å². The number of methoxy groups -OCH3 is 1. The lowest BCUT2D eigenvalue weighted by atomic mass is 9.80. The molecule has 2 aromatic rings. The number of carbonyl (C=O) groups excluding carboxylic acids is 3. The summed E-state index contributed by atoms with van der Waals surface area (Å²) in [7, 11) is 4.73. The van der Waals surface area contributed by atoms with E-state index in [1.54, 1.807) is 55.4 Å². The summed E-state index contributed by atoms with van der Waals surface area (Å²) in [4.78, 5) is 41.7. The largest absolute Gasteiger partial charge is 0.496 e. The average molecular weight is 458 g/mol. The first-order valence-corrected chi connectivity index (χ1v) is 10.5. The Bertz CT molecular complexity index is 1110. The van der Waals surface area contributed by atoms with Crippen molar-refractivity contribution < 1.29 is 24.2 Å². The molecule has 3 atom stereocenters. The second-order valence-electron chi connectivity index (χ2n) is 8.22. The fourth-order valence-electron chi connectivity index (χ4n) is 4.77. The molecule has 0 radical (unpaired) electrons. The van der Waals surface area contributed by atoms with Gasteiger partial charge in [0.2, 0.25) is 5.91 Å². The number of aliphatic hydroxyl groups excluding tert-OH is 1. The van der Waals surface area contributed by atoms with Crippen LogP contribution in [-0.4, -0.2) is 72.9 Å². The molecule has 1 unspecified atom stereocenters. The van der Waals surface area contributed by atoms with Gasteiger partial charge in [-0.25, -0.2) is 0 Å². The minimum absolute atomic E-state index is 0.0676. The highest BCUT2D eigenvalue weighted by atomic mass is 35.5. The number of carbonyl (C=O) groups is 3. The van der Waals surface area contributed by atoms with Crippen LogP contribution in [0.15, 0.2) is 36.4 Å². The van der Waals surface area contributed by atoms with Gasteiger partial charge < -0.3 is 20.1 Å². The molecule has 9 heteroatoms. The summed E-state index contributed by atoms with van der Waals surface area (Å²) in [5, 5.41) is 13.9. The predicted octanol–water partition coefficient (Wildman–Crippen LogP) is 1.88. The highest BCUT2D eigenvalue weighted by Crippen LogP contribution is 2.51. The van der Waals surface area contributed by atoms with E-state index in [0.29, 0.717) is 39.4 Å². The minimum atomic E-state index is -1.54. The van der Waals surface area contributed by atoms with Crippen LogP contribution in [-0.2, 0) is 15.1 Å². The maximum absolute atomic E-state index is 13.8. The summed E-state index contributed by atoms with van der Waals surface area (Å²) in [5.41, 5.74) is 0.267. The van der Waals surface area contributed by atoms with Crippen molar-refractivity contribution >= 4 is 35.4 Å². The predicted molar refractivity (Wildman–Crippen MR) is 119 cm³/mol. The second-order valence-corrected chi connectivity index (χ2v) is 8.66. The Hall–Kier alpha value is -2.94. The summed E-state index contributed by atoms with van der Waals surface area (Å²) in [6, 6.07) is 9.05. The number of hydrogen-bond donors (Lipinski definition) is 2. The Kier molecular flexibility index (Phi) is 5.70. The maximum Gasteiger partial charge on any atom is 0.254 e. The first kappa shape index (κ1) is 22.3. The van der Waals surface area contributed by atoms with Gasteiger partial charge in [0.25, 0.3) is 5.91 Å². The first-order valence-electron chi connectivity index (χ1n) is 10.1. The van der Waals surface area contributed by atoms with Gasteiger partial charge in [-0.15, -0.1) is 0 Å². The molecule has 2 aromatic carbocycles. The molecule has 1 fully saturated rings. The normalized spacial score (nSPS) is 24.7. The summed E-state index contributed by atoms with van der Waals surface area (Å²) in [6.45, 7) is 0.0676. The van der Waals surface area contributed by atoms with Gasteiger partial charge in [-0.2, -0.15) is 0 Å². The zero-order chi connectivity index (χ0) is 23.2. The molecule has 0 aliphatic carbocycles. The third-order valence-corrected chi connectivity index (χ3v) is 6.37. The number of rotatable bonds is 5. The second kappa shape index (κ2) is 8.20. The smallest absolute Gasteiger partial charge is 0.254 e. The summed E-state index contributed by atoms with van der Waals surface area (Å²) >= 11 is 6.33. The number of β-amino-alcohol motifs (C(OH)–C–C–N with tert-alkyl or cyclic N) is 1. The molecule has 168 valence electrons. The van der Waals surface area contributed by atoms with E-state index >= 15 is 0 Å². The molecule has 0 bridgehead atoms. The molecule has 8 nitrogen and oxygen atoms in total. The molecule has 2 aliphatic rings. The van der Waals surface area contributed by atoms with Gasteiger partial charge in [0.05, 0.1) is 19.3 Å². The number of nitrogens with zero attached hydrogens (tertiary/aromatic N) is 2. The van der Waals surface area contributed by atoms with Crippen molar-refractivity contribution in [3.05, 3.63) is 58.1 Å². The van der Waals surface area contributed by atoms with Crippen molar-refractivity contribution in [2.45, 2.75) is 24.1 Å². The lowest BCUT2D eigenvalue weighted by Gasteiger charge is -2.41. The van der Waals surface area contributed by atoms with Crippen LogP contribution in [0.1, 0.15) is 27.9 Å². The van der Waals surface area contributed by atoms with E-state index in [-0.39, 0.29) is 18.9 Å². The summed E-state index contributed by atoms with van der Waals surface area (Å²) < 4.78 is 5.59. The van der Waals surface area contributed by atoms with Gasteiger partial charge in [0.15, 0.2) is 5.54 Å². The molecule has 2 aliphatic heterocycles. The van der Waals surface area contributed by atoms with E-state index in [9.17, 15) is 19.5 Å². The van der Waals surface area contributed by atoms with Gasteiger partial charge in [-0.1, -0.05) is 11.6 Å². The highest BCUT2D eigenvalue weighted by Gasteiger charge is 2.59. The van der Waals surface area contributed by atoms with Crippen LogP contribution in [0.4, 0.5) is 5.69 Å². The molecule has 2 heterocycles. The van der Waals surface area contributed by atoms with E-state index in [4.69, 9.17) is 16.3 Å². The number of aliphatic hydroxyl groups is 1. The molecule has 4 rings (SSSR count). The van der Waals surface area contributed by atoms with Crippen molar-refractivity contribution in [3.63, 3.8) is 0 Å². The number of halogens is 1. The molecular weight excluding hydrogens is 434 g/mol. The molecular formula is C23H24ClN3O5. The van der Waals surface area contributed by atoms with Crippen molar-refractivity contribution in [2.24, 2.45) is 0 Å². The fourth-order valence-corrected chi connectivity index (χ4v) is 4.94. The lowest BCUT2D eigenvalue weighted by Crippen LogP contribution is -2.57. The zero-order valence-electron chi connectivity index (χ0n) is 18.0. The molecule has 2 N–H and O–H groups in total. The van der Waals surface area contributed by atoms with Gasteiger partial charge in [-0.05, 0) is 42.8 Å². The average Bonchev–Trinajstić information content (AvgIpc) is 3.29. The Morgan fingerprint density at radius 2 is 2.03 bits per heavy atom. The molecule has 1 saturated heterocycles. The Morgan fingerprint density at radius 3 is 2.69 bits per heavy atom. The van der Waals surface area contributed by atoms with Crippen LogP contribution in [0.2, 0.25) is 5.02 Å². The standard InChI is InChI=1S/C23H24ClN3O5/c1-26(2)21(30)19-10-15(29)11-27(19)23(17-8-13(12-28)4-7-20(17)32-3)16-9-14(24)5-6-18(16)25-22(23)31/h4-9,12,15,19,29H,10-11H2,1-3H3,(H,25,31)/t15-,19+,23?/m1/s1. The maximum atomic E-state index is 13.8. The monoisotopic (exact) mass is 457 g/mol.